The second-order valence-electron chi connectivity index (χ2n) is 4.61. The summed E-state index contributed by atoms with van der Waals surface area (Å²) in [5, 5.41) is 11.7. The molecular formula is C12H18N2O4S. The van der Waals surface area contributed by atoms with E-state index in [1.165, 1.54) is 13.2 Å². The van der Waals surface area contributed by atoms with Crippen LogP contribution in [0.1, 0.15) is 29.9 Å². The number of rotatable bonds is 7. The van der Waals surface area contributed by atoms with Crippen LogP contribution in [0, 0.1) is 11.8 Å². The van der Waals surface area contributed by atoms with Crippen molar-refractivity contribution in [3.05, 3.63) is 10.9 Å². The Balaban J connectivity index is 2.54. The van der Waals surface area contributed by atoms with E-state index in [1.54, 1.807) is 0 Å². The van der Waals surface area contributed by atoms with E-state index >= 15 is 0 Å². The normalized spacial score (nSPS) is 12.2. The minimum Gasteiger partial charge on any atom is -0.481 e. The molecule has 0 aliphatic carbocycles. The fourth-order valence-electron chi connectivity index (χ4n) is 1.61. The van der Waals surface area contributed by atoms with Crippen molar-refractivity contribution in [1.29, 1.82) is 0 Å². The van der Waals surface area contributed by atoms with Gasteiger partial charge in [-0.05, 0) is 23.9 Å². The van der Waals surface area contributed by atoms with Crippen LogP contribution in [0.5, 0.6) is 5.88 Å². The molecule has 0 fully saturated rings. The molecule has 0 spiro atoms. The number of aromatic nitrogens is 1. The quantitative estimate of drug-likeness (QED) is 0.795. The lowest BCUT2D eigenvalue weighted by molar-refractivity contribution is -0.142. The lowest BCUT2D eigenvalue weighted by Gasteiger charge is -2.14. The topological polar surface area (TPSA) is 88.5 Å². The summed E-state index contributed by atoms with van der Waals surface area (Å²) in [6.07, 6.45) is 0.529. The van der Waals surface area contributed by atoms with Gasteiger partial charge >= 0.3 is 5.97 Å². The van der Waals surface area contributed by atoms with Crippen molar-refractivity contribution >= 4 is 23.4 Å². The highest BCUT2D eigenvalue weighted by molar-refractivity contribution is 7.08. The zero-order valence-electron chi connectivity index (χ0n) is 11.2. The van der Waals surface area contributed by atoms with Crippen molar-refractivity contribution in [2.45, 2.75) is 20.3 Å². The smallest absolute Gasteiger partial charge is 0.308 e. The first-order valence-corrected chi connectivity index (χ1v) is 6.73. The Bertz CT molecular complexity index is 445. The standard InChI is InChI=1S/C12H18N2O4S/c1-7(2)4-8(12(16)17)6-13-11(15)9-5-10(18-3)14-19-9/h5,7-8H,4,6H2,1-3H3,(H,13,15)(H,16,17). The molecule has 1 unspecified atom stereocenters. The summed E-state index contributed by atoms with van der Waals surface area (Å²) in [6.45, 7) is 4.02. The van der Waals surface area contributed by atoms with Gasteiger partial charge in [0.25, 0.3) is 5.91 Å². The van der Waals surface area contributed by atoms with Crippen molar-refractivity contribution < 1.29 is 19.4 Å². The van der Waals surface area contributed by atoms with Gasteiger partial charge < -0.3 is 15.2 Å². The van der Waals surface area contributed by atoms with Gasteiger partial charge in [-0.15, -0.1) is 0 Å². The summed E-state index contributed by atoms with van der Waals surface area (Å²) in [6, 6.07) is 1.53. The highest BCUT2D eigenvalue weighted by Crippen LogP contribution is 2.16. The van der Waals surface area contributed by atoms with Crippen molar-refractivity contribution in [2.75, 3.05) is 13.7 Å². The minimum atomic E-state index is -0.893. The van der Waals surface area contributed by atoms with Crippen molar-refractivity contribution in [1.82, 2.24) is 9.69 Å². The van der Waals surface area contributed by atoms with Crippen molar-refractivity contribution in [2.24, 2.45) is 11.8 Å². The number of hydrogen-bond donors (Lipinski definition) is 2. The first kappa shape index (κ1) is 15.4. The molecule has 2 N–H and O–H groups in total. The van der Waals surface area contributed by atoms with Gasteiger partial charge in [-0.3, -0.25) is 9.59 Å². The Kier molecular flexibility index (Phi) is 5.75. The van der Waals surface area contributed by atoms with Gasteiger partial charge in [0.2, 0.25) is 5.88 Å². The van der Waals surface area contributed by atoms with Gasteiger partial charge in [0, 0.05) is 12.6 Å². The van der Waals surface area contributed by atoms with Gasteiger partial charge in [0.1, 0.15) is 4.88 Å². The molecule has 1 rings (SSSR count). The third-order valence-corrected chi connectivity index (χ3v) is 3.31. The van der Waals surface area contributed by atoms with E-state index < -0.39 is 11.9 Å². The van der Waals surface area contributed by atoms with E-state index in [0.717, 1.165) is 11.5 Å². The molecule has 106 valence electrons. The van der Waals surface area contributed by atoms with Gasteiger partial charge in [-0.1, -0.05) is 13.8 Å². The number of carboxylic acids is 1. The van der Waals surface area contributed by atoms with Crippen LogP contribution >= 0.6 is 11.5 Å². The fourth-order valence-corrected chi connectivity index (χ4v) is 2.23. The molecule has 0 bridgehead atoms. The number of nitrogens with one attached hydrogen (secondary N) is 1. The molecule has 0 saturated carbocycles. The molecule has 7 heteroatoms. The van der Waals surface area contributed by atoms with Crippen LogP contribution in [0.2, 0.25) is 0 Å². The van der Waals surface area contributed by atoms with Crippen molar-refractivity contribution in [3.8, 4) is 5.88 Å². The van der Waals surface area contributed by atoms with E-state index in [0.29, 0.717) is 17.2 Å². The second-order valence-corrected chi connectivity index (χ2v) is 5.41. The average Bonchev–Trinajstić information content (AvgIpc) is 2.82. The number of carbonyl (C=O) groups excluding carboxylic acids is 1. The number of methoxy groups -OCH3 is 1. The van der Waals surface area contributed by atoms with E-state index in [4.69, 9.17) is 9.84 Å². The molecule has 1 amide bonds. The molecule has 0 aliphatic heterocycles. The molecule has 0 radical (unpaired) electrons. The summed E-state index contributed by atoms with van der Waals surface area (Å²) in [5.74, 6) is -1.14. The van der Waals surface area contributed by atoms with Crippen LogP contribution in [0.25, 0.3) is 0 Å². The number of amides is 1. The van der Waals surface area contributed by atoms with Crippen LogP contribution in [0.3, 0.4) is 0 Å². The number of nitrogens with zero attached hydrogens (tertiary/aromatic N) is 1. The maximum atomic E-state index is 11.8. The predicted molar refractivity (Wildman–Crippen MR) is 71.6 cm³/mol. The largest absolute Gasteiger partial charge is 0.481 e. The highest BCUT2D eigenvalue weighted by atomic mass is 32.1. The first-order valence-electron chi connectivity index (χ1n) is 5.95. The summed E-state index contributed by atoms with van der Waals surface area (Å²) in [5.41, 5.74) is 0. The van der Waals surface area contributed by atoms with E-state index in [-0.39, 0.29) is 18.4 Å². The third kappa shape index (κ3) is 4.86. The number of hydrogen-bond acceptors (Lipinski definition) is 5. The number of carbonyl (C=O) groups is 2. The zero-order valence-corrected chi connectivity index (χ0v) is 12.0. The fraction of sp³-hybridized carbons (Fsp3) is 0.583. The summed E-state index contributed by atoms with van der Waals surface area (Å²) < 4.78 is 8.80. The molecule has 0 saturated heterocycles. The van der Waals surface area contributed by atoms with Crippen molar-refractivity contribution in [3.63, 3.8) is 0 Å². The van der Waals surface area contributed by atoms with Crippen LogP contribution in [-0.4, -0.2) is 35.0 Å². The monoisotopic (exact) mass is 286 g/mol. The summed E-state index contributed by atoms with van der Waals surface area (Å²) >= 11 is 1.02. The van der Waals surface area contributed by atoms with Gasteiger partial charge in [-0.25, -0.2) is 0 Å². The minimum absolute atomic E-state index is 0.118. The summed E-state index contributed by atoms with van der Waals surface area (Å²) in [4.78, 5) is 23.3. The highest BCUT2D eigenvalue weighted by Gasteiger charge is 2.20. The molecule has 1 heterocycles. The van der Waals surface area contributed by atoms with E-state index in [9.17, 15) is 9.59 Å². The Morgan fingerprint density at radius 3 is 2.68 bits per heavy atom. The number of ether oxygens (including phenoxy) is 1. The maximum absolute atomic E-state index is 11.8. The van der Waals surface area contributed by atoms with Gasteiger partial charge in [-0.2, -0.15) is 4.37 Å². The van der Waals surface area contributed by atoms with Gasteiger partial charge in [0.15, 0.2) is 0 Å². The molecule has 1 aromatic rings. The third-order valence-electron chi connectivity index (χ3n) is 2.54. The van der Waals surface area contributed by atoms with E-state index in [1.807, 2.05) is 13.8 Å². The van der Waals surface area contributed by atoms with Crippen LogP contribution in [-0.2, 0) is 4.79 Å². The number of aliphatic carboxylic acids is 1. The predicted octanol–water partition coefficient (Wildman–Crippen LogP) is 1.63. The lowest BCUT2D eigenvalue weighted by Crippen LogP contribution is -2.33. The molecular weight excluding hydrogens is 268 g/mol. The molecule has 19 heavy (non-hydrogen) atoms. The lowest BCUT2D eigenvalue weighted by atomic mass is 9.97. The van der Waals surface area contributed by atoms with Gasteiger partial charge in [0.05, 0.1) is 13.0 Å². The second kappa shape index (κ2) is 7.08. The molecule has 1 aromatic heterocycles. The molecule has 0 aromatic carbocycles. The van der Waals surface area contributed by atoms with E-state index in [2.05, 4.69) is 9.69 Å². The Hall–Kier alpha value is -1.63. The summed E-state index contributed by atoms with van der Waals surface area (Å²) in [7, 11) is 1.47. The molecule has 1 atom stereocenters. The first-order chi connectivity index (χ1) is 8.93. The van der Waals surface area contributed by atoms with Crippen LogP contribution in [0.4, 0.5) is 0 Å². The Labute approximate surface area is 115 Å². The number of carboxylic acid groups (broad SMARTS) is 1. The van der Waals surface area contributed by atoms with Crippen LogP contribution < -0.4 is 10.1 Å². The Morgan fingerprint density at radius 1 is 1.53 bits per heavy atom. The average molecular weight is 286 g/mol. The molecule has 0 aliphatic rings. The molecule has 6 nitrogen and oxygen atoms in total. The Morgan fingerprint density at radius 2 is 2.21 bits per heavy atom. The SMILES string of the molecule is COc1cc(C(=O)NCC(CC(C)C)C(=O)O)sn1. The van der Waals surface area contributed by atoms with Crippen LogP contribution in [0.15, 0.2) is 6.07 Å². The zero-order chi connectivity index (χ0) is 14.4. The maximum Gasteiger partial charge on any atom is 0.308 e.